The second-order valence-electron chi connectivity index (χ2n) is 3.82. The van der Waals surface area contributed by atoms with Crippen LogP contribution in [0.3, 0.4) is 0 Å². The number of carbonyl (C=O) groups is 1. The number of nitrogens with zero attached hydrogens (tertiary/aromatic N) is 1. The fourth-order valence-electron chi connectivity index (χ4n) is 1.53. The van der Waals surface area contributed by atoms with Gasteiger partial charge in [0.2, 0.25) is 5.88 Å². The van der Waals surface area contributed by atoms with Gasteiger partial charge in [0.15, 0.2) is 6.29 Å². The molecule has 0 aliphatic rings. The highest BCUT2D eigenvalue weighted by Crippen LogP contribution is 2.40. The molecule has 0 bridgehead atoms. The Morgan fingerprint density at radius 1 is 1.45 bits per heavy atom. The van der Waals surface area contributed by atoms with Gasteiger partial charge in [-0.3, -0.25) is 4.79 Å². The van der Waals surface area contributed by atoms with Gasteiger partial charge in [-0.1, -0.05) is 0 Å². The molecule has 0 aliphatic heterocycles. The third-order valence-corrected chi connectivity index (χ3v) is 5.22. The Kier molecular flexibility index (Phi) is 4.28. The molecule has 0 atom stereocenters. The molecule has 0 aliphatic carbocycles. The number of fused-ring (bicyclic) bond motifs is 1. The number of rotatable bonds is 4. The van der Waals surface area contributed by atoms with Gasteiger partial charge in [-0.05, 0) is 6.26 Å². The first-order valence-electron chi connectivity index (χ1n) is 5.33. The number of thiophene rings is 1. The van der Waals surface area contributed by atoms with Crippen LogP contribution in [0.1, 0.15) is 9.67 Å². The standard InChI is InChI=1S/C10H7F3N2O4S3/c1-20-4-2-6(19-22(17,18)10(11,12)13)15-9-7(4)8(14)5(3-16)21-9/h2-3H,14H2,1H3. The number of pyridine rings is 1. The summed E-state index contributed by atoms with van der Waals surface area (Å²) in [5.74, 6) is -0.743. The summed E-state index contributed by atoms with van der Waals surface area (Å²) < 4.78 is 63.0. The molecule has 120 valence electrons. The molecule has 0 aromatic carbocycles. The Morgan fingerprint density at radius 3 is 2.59 bits per heavy atom. The van der Waals surface area contributed by atoms with Crippen molar-refractivity contribution in [2.45, 2.75) is 10.4 Å². The number of aromatic nitrogens is 1. The van der Waals surface area contributed by atoms with Crippen molar-refractivity contribution in [3.8, 4) is 5.88 Å². The minimum atomic E-state index is -5.82. The number of alkyl halides is 3. The van der Waals surface area contributed by atoms with Gasteiger partial charge in [-0.15, -0.1) is 23.1 Å². The number of thioether (sulfide) groups is 1. The summed E-state index contributed by atoms with van der Waals surface area (Å²) >= 11 is 1.93. The largest absolute Gasteiger partial charge is 0.534 e. The molecule has 0 fully saturated rings. The van der Waals surface area contributed by atoms with Crippen LogP contribution >= 0.6 is 23.1 Å². The Morgan fingerprint density at radius 2 is 2.09 bits per heavy atom. The second-order valence-corrected chi connectivity index (χ2v) is 7.24. The summed E-state index contributed by atoms with van der Waals surface area (Å²) in [6.07, 6.45) is 2.09. The zero-order chi connectivity index (χ0) is 16.7. The Hall–Kier alpha value is -1.53. The zero-order valence-electron chi connectivity index (χ0n) is 10.7. The Bertz CT molecular complexity index is 845. The summed E-state index contributed by atoms with van der Waals surface area (Å²) in [5, 5.41) is 0.372. The average Bonchev–Trinajstić information content (AvgIpc) is 2.72. The third-order valence-electron chi connectivity index (χ3n) is 2.47. The third kappa shape index (κ3) is 2.85. The van der Waals surface area contributed by atoms with Crippen LogP contribution in [0.5, 0.6) is 5.88 Å². The van der Waals surface area contributed by atoms with Crippen molar-refractivity contribution in [1.82, 2.24) is 4.98 Å². The molecule has 0 amide bonds. The molecule has 12 heteroatoms. The van der Waals surface area contributed by atoms with Crippen molar-refractivity contribution in [3.63, 3.8) is 0 Å². The SMILES string of the molecule is CSc1cc(OS(=O)(=O)C(F)(F)F)nc2sc(C=O)c(N)c12. The molecule has 0 saturated heterocycles. The molecular formula is C10H7F3N2O4S3. The predicted octanol–water partition coefficient (Wildman–Crippen LogP) is 2.64. The highest BCUT2D eigenvalue weighted by molar-refractivity contribution is 7.98. The Balaban J connectivity index is 2.61. The van der Waals surface area contributed by atoms with Crippen LogP contribution in [0.25, 0.3) is 10.2 Å². The van der Waals surface area contributed by atoms with Crippen LogP contribution in [0.4, 0.5) is 18.9 Å². The first-order valence-corrected chi connectivity index (χ1v) is 8.78. The maximum atomic E-state index is 12.3. The summed E-state index contributed by atoms with van der Waals surface area (Å²) in [4.78, 5) is 15.1. The Labute approximate surface area is 130 Å². The molecule has 2 aromatic rings. The average molecular weight is 372 g/mol. The number of halogens is 3. The lowest BCUT2D eigenvalue weighted by Crippen LogP contribution is -2.28. The van der Waals surface area contributed by atoms with Crippen molar-refractivity contribution in [2.24, 2.45) is 0 Å². The van der Waals surface area contributed by atoms with Crippen LogP contribution in [-0.2, 0) is 10.1 Å². The lowest BCUT2D eigenvalue weighted by molar-refractivity contribution is -0.0501. The van der Waals surface area contributed by atoms with Crippen LogP contribution in [0.2, 0.25) is 0 Å². The van der Waals surface area contributed by atoms with Crippen LogP contribution < -0.4 is 9.92 Å². The van der Waals surface area contributed by atoms with E-state index in [0.29, 0.717) is 16.6 Å². The molecule has 2 aromatic heterocycles. The molecule has 0 saturated carbocycles. The highest BCUT2D eigenvalue weighted by atomic mass is 32.2. The number of carbonyl (C=O) groups excluding carboxylic acids is 1. The molecule has 0 spiro atoms. The van der Waals surface area contributed by atoms with E-state index in [9.17, 15) is 26.4 Å². The van der Waals surface area contributed by atoms with Crippen LogP contribution in [0, 0.1) is 0 Å². The van der Waals surface area contributed by atoms with Gasteiger partial charge < -0.3 is 9.92 Å². The zero-order valence-corrected chi connectivity index (χ0v) is 13.1. The molecule has 22 heavy (non-hydrogen) atoms. The first kappa shape index (κ1) is 16.8. The number of hydrogen-bond acceptors (Lipinski definition) is 8. The van der Waals surface area contributed by atoms with Gasteiger partial charge in [-0.2, -0.15) is 21.6 Å². The molecule has 0 radical (unpaired) electrons. The second kappa shape index (κ2) is 5.59. The summed E-state index contributed by atoms with van der Waals surface area (Å²) in [6.45, 7) is 0. The predicted molar refractivity (Wildman–Crippen MR) is 76.8 cm³/mol. The summed E-state index contributed by atoms with van der Waals surface area (Å²) in [7, 11) is -5.82. The molecular weight excluding hydrogens is 365 g/mol. The van der Waals surface area contributed by atoms with E-state index in [0.717, 1.165) is 29.2 Å². The first-order chi connectivity index (χ1) is 10.1. The number of nitrogen functional groups attached to an aromatic ring is 1. The van der Waals surface area contributed by atoms with E-state index in [-0.39, 0.29) is 15.4 Å². The maximum absolute atomic E-state index is 12.3. The highest BCUT2D eigenvalue weighted by Gasteiger charge is 2.49. The fraction of sp³-hybridized carbons (Fsp3) is 0.200. The molecule has 2 heterocycles. The van der Waals surface area contributed by atoms with Gasteiger partial charge in [0.1, 0.15) is 4.83 Å². The number of aldehydes is 1. The quantitative estimate of drug-likeness (QED) is 0.381. The lowest BCUT2D eigenvalue weighted by atomic mass is 10.3. The lowest BCUT2D eigenvalue weighted by Gasteiger charge is -2.09. The maximum Gasteiger partial charge on any atom is 0.534 e. The van der Waals surface area contributed by atoms with Crippen molar-refractivity contribution in [1.29, 1.82) is 0 Å². The fourth-order valence-corrected chi connectivity index (χ4v) is 3.56. The van der Waals surface area contributed by atoms with E-state index >= 15 is 0 Å². The molecule has 2 N–H and O–H groups in total. The number of nitrogens with two attached hydrogens (primary N) is 1. The smallest absolute Gasteiger partial charge is 0.397 e. The van der Waals surface area contributed by atoms with Crippen molar-refractivity contribution >= 4 is 55.4 Å². The summed E-state index contributed by atoms with van der Waals surface area (Å²) in [5.41, 5.74) is 0.332. The topological polar surface area (TPSA) is 99.4 Å². The molecule has 2 rings (SSSR count). The minimum Gasteiger partial charge on any atom is -0.397 e. The van der Waals surface area contributed by atoms with E-state index in [1.807, 2.05) is 0 Å². The van der Waals surface area contributed by atoms with Gasteiger partial charge in [-0.25, -0.2) is 4.98 Å². The van der Waals surface area contributed by atoms with E-state index in [2.05, 4.69) is 9.17 Å². The number of hydrogen-bond donors (Lipinski definition) is 1. The van der Waals surface area contributed by atoms with E-state index in [4.69, 9.17) is 5.73 Å². The van der Waals surface area contributed by atoms with Gasteiger partial charge in [0, 0.05) is 16.3 Å². The van der Waals surface area contributed by atoms with Crippen molar-refractivity contribution < 1.29 is 30.6 Å². The van der Waals surface area contributed by atoms with Crippen molar-refractivity contribution in [3.05, 3.63) is 10.9 Å². The van der Waals surface area contributed by atoms with Crippen LogP contribution in [-0.4, -0.2) is 31.5 Å². The van der Waals surface area contributed by atoms with E-state index < -0.39 is 21.5 Å². The van der Waals surface area contributed by atoms with Gasteiger partial charge in [0.05, 0.1) is 10.6 Å². The molecule has 0 unspecified atom stereocenters. The van der Waals surface area contributed by atoms with Gasteiger partial charge in [0.25, 0.3) is 0 Å². The monoisotopic (exact) mass is 372 g/mol. The van der Waals surface area contributed by atoms with E-state index in [1.165, 1.54) is 0 Å². The molecule has 6 nitrogen and oxygen atoms in total. The number of anilines is 1. The summed E-state index contributed by atoms with van der Waals surface area (Å²) in [6, 6.07) is 1.02. The van der Waals surface area contributed by atoms with E-state index in [1.54, 1.807) is 6.26 Å². The van der Waals surface area contributed by atoms with Gasteiger partial charge >= 0.3 is 15.6 Å². The van der Waals surface area contributed by atoms with Crippen molar-refractivity contribution in [2.75, 3.05) is 12.0 Å². The minimum absolute atomic E-state index is 0.110. The normalized spacial score (nSPS) is 12.5. The van der Waals surface area contributed by atoms with Crippen LogP contribution in [0.15, 0.2) is 11.0 Å².